The van der Waals surface area contributed by atoms with Crippen molar-refractivity contribution in [1.82, 2.24) is 15.1 Å². The molecule has 0 saturated carbocycles. The van der Waals surface area contributed by atoms with E-state index in [-0.39, 0.29) is 29.2 Å². The summed E-state index contributed by atoms with van der Waals surface area (Å²) in [6, 6.07) is 24.4. The lowest BCUT2D eigenvalue weighted by Gasteiger charge is -2.38. The van der Waals surface area contributed by atoms with E-state index < -0.39 is 35.2 Å². The van der Waals surface area contributed by atoms with E-state index >= 15 is 0 Å². The van der Waals surface area contributed by atoms with Gasteiger partial charge < -0.3 is 29.2 Å². The number of alkyl halides is 3. The average Bonchev–Trinajstić information content (AvgIpc) is 3.54. The predicted octanol–water partition coefficient (Wildman–Crippen LogP) is 5.66. The van der Waals surface area contributed by atoms with Gasteiger partial charge in [0, 0.05) is 63.9 Å². The van der Waals surface area contributed by atoms with Gasteiger partial charge in [0.05, 0.1) is 5.39 Å². The van der Waals surface area contributed by atoms with Crippen LogP contribution >= 0.6 is 0 Å². The number of nitrogens with zero attached hydrogens (tertiary/aromatic N) is 3. The largest absolute Gasteiger partial charge is 0.573 e. The number of fused-ring (bicyclic) bond motifs is 2. The third-order valence-corrected chi connectivity index (χ3v) is 9.47. The highest BCUT2D eigenvalue weighted by Crippen LogP contribution is 2.27. The van der Waals surface area contributed by atoms with Crippen LogP contribution in [0.15, 0.2) is 100 Å². The number of likely N-dealkylation sites (tertiary alicyclic amines) is 1. The monoisotopic (exact) mass is 712 g/mol. The lowest BCUT2D eigenvalue weighted by Crippen LogP contribution is -2.55. The Labute approximate surface area is 296 Å². The maximum atomic E-state index is 14.2. The third kappa shape index (κ3) is 7.73. The zero-order valence-corrected chi connectivity index (χ0v) is 28.0. The average molecular weight is 713 g/mol. The lowest BCUT2D eigenvalue weighted by atomic mass is 10.0. The van der Waals surface area contributed by atoms with Crippen molar-refractivity contribution in [2.24, 2.45) is 0 Å². The number of nitrogens with one attached hydrogen (secondary N) is 1. The van der Waals surface area contributed by atoms with Crippen LogP contribution in [0.1, 0.15) is 34.5 Å². The molecule has 13 heteroatoms. The smallest absolute Gasteiger partial charge is 0.451 e. The Kier molecular flexibility index (Phi) is 9.59. The number of rotatable bonds is 9. The molecule has 0 spiro atoms. The normalized spacial score (nSPS) is 15.7. The number of carbonyl (C=O) groups is 3. The summed E-state index contributed by atoms with van der Waals surface area (Å²) in [6.45, 7) is 3.10. The predicted molar refractivity (Wildman–Crippen MR) is 188 cm³/mol. The van der Waals surface area contributed by atoms with Crippen molar-refractivity contribution in [3.8, 4) is 5.75 Å². The van der Waals surface area contributed by atoms with Gasteiger partial charge in [-0.05, 0) is 52.6 Å². The molecule has 2 fully saturated rings. The standard InChI is InChI=1S/C39H35F3N4O6/c40-39(41,42)52-29-13-14-34-30(22-29)33(47)23-35(51-34)37(49)43-31(21-25-11-12-26-6-1-2-7-27(26)20-25)38(50)45-18-16-44(17-19-45)32-9-4-3-8-28(32)24-46-15-5-10-36(46)48/h1-4,6-9,11-14,20,22-23,31H,5,10,15-19,21,24H2,(H,43,49)/t31-/m1/s1. The van der Waals surface area contributed by atoms with Gasteiger partial charge in [-0.15, -0.1) is 13.2 Å². The lowest BCUT2D eigenvalue weighted by molar-refractivity contribution is -0.274. The van der Waals surface area contributed by atoms with Crippen molar-refractivity contribution in [1.29, 1.82) is 0 Å². The molecule has 1 N–H and O–H groups in total. The maximum absolute atomic E-state index is 14.2. The number of ether oxygens (including phenoxy) is 1. The summed E-state index contributed by atoms with van der Waals surface area (Å²) in [7, 11) is 0. The Bertz CT molecular complexity index is 2210. The van der Waals surface area contributed by atoms with Crippen LogP contribution in [-0.2, 0) is 22.6 Å². The number of halogens is 3. The second-order valence-electron chi connectivity index (χ2n) is 13.0. The van der Waals surface area contributed by atoms with Crippen LogP contribution in [0.5, 0.6) is 5.75 Å². The highest BCUT2D eigenvalue weighted by atomic mass is 19.4. The second-order valence-corrected chi connectivity index (χ2v) is 13.0. The first-order valence-electron chi connectivity index (χ1n) is 17.0. The topological polar surface area (TPSA) is 112 Å². The first-order chi connectivity index (χ1) is 25.0. The molecule has 2 aliphatic rings. The van der Waals surface area contributed by atoms with Gasteiger partial charge in [-0.25, -0.2) is 0 Å². The van der Waals surface area contributed by atoms with E-state index in [4.69, 9.17) is 4.42 Å². The molecule has 52 heavy (non-hydrogen) atoms. The first kappa shape index (κ1) is 34.6. The van der Waals surface area contributed by atoms with E-state index in [1.54, 1.807) is 4.90 Å². The molecule has 3 amide bonds. The van der Waals surface area contributed by atoms with Gasteiger partial charge in [0.2, 0.25) is 11.8 Å². The van der Waals surface area contributed by atoms with Crippen LogP contribution in [0.3, 0.4) is 0 Å². The van der Waals surface area contributed by atoms with Gasteiger partial charge in [-0.1, -0.05) is 60.7 Å². The molecule has 10 nitrogen and oxygen atoms in total. The van der Waals surface area contributed by atoms with E-state index in [0.717, 1.165) is 64.8 Å². The Hall–Kier alpha value is -5.85. The Morgan fingerprint density at radius 1 is 0.846 bits per heavy atom. The summed E-state index contributed by atoms with van der Waals surface area (Å²) in [6.07, 6.45) is -3.38. The van der Waals surface area contributed by atoms with Crippen LogP contribution in [0.25, 0.3) is 21.7 Å². The van der Waals surface area contributed by atoms with Gasteiger partial charge in [-0.3, -0.25) is 19.2 Å². The molecule has 3 heterocycles. The molecular weight excluding hydrogens is 677 g/mol. The molecule has 2 saturated heterocycles. The minimum atomic E-state index is -4.95. The quantitative estimate of drug-likeness (QED) is 0.210. The van der Waals surface area contributed by atoms with Crippen LogP contribution in [0.4, 0.5) is 18.9 Å². The Morgan fingerprint density at radius 2 is 1.60 bits per heavy atom. The fourth-order valence-corrected chi connectivity index (χ4v) is 6.89. The van der Waals surface area contributed by atoms with Crippen molar-refractivity contribution in [2.75, 3.05) is 37.6 Å². The SMILES string of the molecule is O=C(N[C@H](Cc1ccc2ccccc2c1)C(=O)N1CCN(c2ccccc2CN2CCCC2=O)CC1)c1cc(=O)c2cc(OC(F)(F)F)ccc2o1. The van der Waals surface area contributed by atoms with E-state index in [9.17, 15) is 32.3 Å². The van der Waals surface area contributed by atoms with Gasteiger partial charge in [0.1, 0.15) is 17.4 Å². The minimum absolute atomic E-state index is 0.116. The van der Waals surface area contributed by atoms with Crippen molar-refractivity contribution in [2.45, 2.75) is 38.2 Å². The van der Waals surface area contributed by atoms with E-state index in [0.29, 0.717) is 39.1 Å². The summed E-state index contributed by atoms with van der Waals surface area (Å²) in [5.41, 5.74) is 1.99. The summed E-state index contributed by atoms with van der Waals surface area (Å²) in [5, 5.41) is 4.56. The number of piperazine rings is 1. The number of benzene rings is 4. The minimum Gasteiger partial charge on any atom is -0.451 e. The van der Waals surface area contributed by atoms with Gasteiger partial charge in [0.15, 0.2) is 11.2 Å². The molecule has 5 aromatic rings. The number of para-hydroxylation sites is 1. The fourth-order valence-electron chi connectivity index (χ4n) is 6.89. The van der Waals surface area contributed by atoms with Gasteiger partial charge in [0.25, 0.3) is 5.91 Å². The molecule has 1 aromatic heterocycles. The molecule has 0 unspecified atom stereocenters. The summed E-state index contributed by atoms with van der Waals surface area (Å²) >= 11 is 0. The van der Waals surface area contributed by atoms with E-state index in [2.05, 4.69) is 15.0 Å². The number of hydrogen-bond donors (Lipinski definition) is 1. The van der Waals surface area contributed by atoms with Crippen LogP contribution in [0, 0.1) is 0 Å². The molecule has 2 aliphatic heterocycles. The van der Waals surface area contributed by atoms with Gasteiger partial charge >= 0.3 is 6.36 Å². The summed E-state index contributed by atoms with van der Waals surface area (Å²) < 4.78 is 47.8. The highest BCUT2D eigenvalue weighted by molar-refractivity contribution is 5.97. The van der Waals surface area contributed by atoms with E-state index in [1.165, 1.54) is 0 Å². The molecule has 268 valence electrons. The number of amides is 3. The Morgan fingerprint density at radius 3 is 2.35 bits per heavy atom. The molecular formula is C39H35F3N4O6. The molecule has 4 aromatic carbocycles. The van der Waals surface area contributed by atoms with Crippen molar-refractivity contribution >= 4 is 45.2 Å². The van der Waals surface area contributed by atoms with Crippen molar-refractivity contribution < 1.29 is 36.7 Å². The van der Waals surface area contributed by atoms with Crippen LogP contribution in [-0.4, -0.2) is 72.6 Å². The molecule has 0 aliphatic carbocycles. The van der Waals surface area contributed by atoms with Crippen LogP contribution in [0.2, 0.25) is 0 Å². The summed E-state index contributed by atoms with van der Waals surface area (Å²) in [5.74, 6) is -1.98. The molecule has 7 rings (SSSR count). The zero-order chi connectivity index (χ0) is 36.4. The molecule has 1 atom stereocenters. The fraction of sp³-hybridized carbons (Fsp3) is 0.282. The third-order valence-electron chi connectivity index (χ3n) is 9.47. The molecule has 0 bridgehead atoms. The zero-order valence-electron chi connectivity index (χ0n) is 28.0. The highest BCUT2D eigenvalue weighted by Gasteiger charge is 2.33. The van der Waals surface area contributed by atoms with Crippen LogP contribution < -0.4 is 20.4 Å². The first-order valence-corrected chi connectivity index (χ1v) is 17.0. The number of carbonyl (C=O) groups excluding carboxylic acids is 3. The van der Waals surface area contributed by atoms with Gasteiger partial charge in [-0.2, -0.15) is 0 Å². The Balaban J connectivity index is 1.10. The maximum Gasteiger partial charge on any atom is 0.573 e. The van der Waals surface area contributed by atoms with E-state index in [1.807, 2.05) is 71.6 Å². The number of hydrogen-bond acceptors (Lipinski definition) is 7. The van der Waals surface area contributed by atoms with Crippen molar-refractivity contribution in [3.63, 3.8) is 0 Å². The van der Waals surface area contributed by atoms with Crippen molar-refractivity contribution in [3.05, 3.63) is 118 Å². The second kappa shape index (κ2) is 14.4. The molecule has 0 radical (unpaired) electrons. The summed E-state index contributed by atoms with van der Waals surface area (Å²) in [4.78, 5) is 58.8. The number of anilines is 1.